The average molecular weight is 475 g/mol. The highest BCUT2D eigenvalue weighted by atomic mass is 127. The average Bonchev–Trinajstić information content (AvgIpc) is 3.55. The molecule has 0 spiro atoms. The van der Waals surface area contributed by atoms with E-state index in [1.807, 2.05) is 11.9 Å². The van der Waals surface area contributed by atoms with E-state index in [9.17, 15) is 4.79 Å². The van der Waals surface area contributed by atoms with Gasteiger partial charge in [0.2, 0.25) is 5.91 Å². The summed E-state index contributed by atoms with van der Waals surface area (Å²) in [5, 5.41) is 3.65. The normalized spacial score (nSPS) is 25.8. The van der Waals surface area contributed by atoms with Gasteiger partial charge in [0.1, 0.15) is 0 Å². The first-order chi connectivity index (χ1) is 12.2. The molecule has 4 aliphatic rings. The molecule has 2 aliphatic heterocycles. The van der Waals surface area contributed by atoms with Crippen LogP contribution in [0.3, 0.4) is 0 Å². The highest BCUT2D eigenvalue weighted by Crippen LogP contribution is 2.60. The van der Waals surface area contributed by atoms with Gasteiger partial charge in [-0.15, -0.1) is 24.0 Å². The van der Waals surface area contributed by atoms with E-state index in [2.05, 4.69) is 20.1 Å². The van der Waals surface area contributed by atoms with Crippen molar-refractivity contribution in [3.05, 3.63) is 0 Å². The molecular formula is C19H34IN5O. The zero-order chi connectivity index (χ0) is 17.3. The first-order valence-electron chi connectivity index (χ1n) is 10.2. The molecule has 0 radical (unpaired) electrons. The largest absolute Gasteiger partial charge is 0.356 e. The third-order valence-corrected chi connectivity index (χ3v) is 6.64. The first kappa shape index (κ1) is 20.2. The molecule has 7 heteroatoms. The minimum absolute atomic E-state index is 0. The number of nitrogens with zero attached hydrogens (tertiary/aromatic N) is 4. The van der Waals surface area contributed by atoms with Crippen LogP contribution in [0.5, 0.6) is 0 Å². The number of guanidine groups is 1. The predicted octanol–water partition coefficient (Wildman–Crippen LogP) is 1.61. The molecule has 1 N–H and O–H groups in total. The van der Waals surface area contributed by atoms with Gasteiger partial charge in [-0.1, -0.05) is 0 Å². The minimum atomic E-state index is 0. The van der Waals surface area contributed by atoms with E-state index in [1.165, 1.54) is 38.5 Å². The smallest absolute Gasteiger partial charge is 0.236 e. The molecule has 4 rings (SSSR count). The third kappa shape index (κ3) is 4.64. The van der Waals surface area contributed by atoms with E-state index in [0.717, 1.165) is 57.7 Å². The third-order valence-electron chi connectivity index (χ3n) is 6.64. The molecular weight excluding hydrogens is 441 g/mol. The molecule has 2 saturated heterocycles. The molecule has 2 heterocycles. The van der Waals surface area contributed by atoms with Crippen molar-refractivity contribution >= 4 is 35.8 Å². The fourth-order valence-electron chi connectivity index (χ4n) is 4.55. The molecule has 4 fully saturated rings. The molecule has 1 amide bonds. The predicted molar refractivity (Wildman–Crippen MR) is 115 cm³/mol. The quantitative estimate of drug-likeness (QED) is 0.373. The van der Waals surface area contributed by atoms with E-state index in [4.69, 9.17) is 0 Å². The Morgan fingerprint density at radius 2 is 1.69 bits per heavy atom. The van der Waals surface area contributed by atoms with Crippen LogP contribution in [0.25, 0.3) is 0 Å². The van der Waals surface area contributed by atoms with Crippen molar-refractivity contribution in [2.75, 3.05) is 59.4 Å². The van der Waals surface area contributed by atoms with E-state index in [-0.39, 0.29) is 24.0 Å². The lowest BCUT2D eigenvalue weighted by Crippen LogP contribution is -2.54. The number of likely N-dealkylation sites (tertiary alicyclic amines) is 1. The molecule has 26 heavy (non-hydrogen) atoms. The molecule has 0 aromatic rings. The number of rotatable bonds is 5. The maximum atomic E-state index is 12.3. The van der Waals surface area contributed by atoms with Crippen LogP contribution in [-0.4, -0.2) is 86.0 Å². The lowest BCUT2D eigenvalue weighted by molar-refractivity contribution is -0.131. The van der Waals surface area contributed by atoms with Crippen molar-refractivity contribution < 1.29 is 4.79 Å². The fourth-order valence-corrected chi connectivity index (χ4v) is 4.55. The zero-order valence-corrected chi connectivity index (χ0v) is 18.4. The lowest BCUT2D eigenvalue weighted by Gasteiger charge is -2.37. The summed E-state index contributed by atoms with van der Waals surface area (Å²) in [4.78, 5) is 23.5. The van der Waals surface area contributed by atoms with Crippen molar-refractivity contribution in [1.82, 2.24) is 20.0 Å². The highest BCUT2D eigenvalue weighted by molar-refractivity contribution is 14.0. The number of hydrogen-bond acceptors (Lipinski definition) is 3. The Morgan fingerprint density at radius 3 is 2.23 bits per heavy atom. The van der Waals surface area contributed by atoms with Gasteiger partial charge >= 0.3 is 0 Å². The van der Waals surface area contributed by atoms with Crippen LogP contribution in [0.1, 0.15) is 38.5 Å². The Hall–Kier alpha value is -0.570. The van der Waals surface area contributed by atoms with Gasteiger partial charge in [0, 0.05) is 52.9 Å². The number of carbonyl (C=O) groups excluding carboxylic acids is 1. The van der Waals surface area contributed by atoms with Gasteiger partial charge in [0.15, 0.2) is 5.96 Å². The van der Waals surface area contributed by atoms with E-state index in [0.29, 0.717) is 17.9 Å². The van der Waals surface area contributed by atoms with Crippen LogP contribution in [0.2, 0.25) is 0 Å². The number of nitrogens with one attached hydrogen (secondary N) is 1. The van der Waals surface area contributed by atoms with E-state index >= 15 is 0 Å². The van der Waals surface area contributed by atoms with Gasteiger partial charge in [0.25, 0.3) is 0 Å². The van der Waals surface area contributed by atoms with Crippen molar-refractivity contribution in [3.8, 4) is 0 Å². The molecule has 0 unspecified atom stereocenters. The summed E-state index contributed by atoms with van der Waals surface area (Å²) in [5.74, 6) is 2.34. The highest BCUT2D eigenvalue weighted by Gasteiger charge is 2.53. The Bertz CT molecular complexity index is 518. The van der Waals surface area contributed by atoms with Crippen LogP contribution in [-0.2, 0) is 4.79 Å². The summed E-state index contributed by atoms with van der Waals surface area (Å²) in [7, 11) is 1.89. The number of halogens is 1. The minimum Gasteiger partial charge on any atom is -0.356 e. The second-order valence-corrected chi connectivity index (χ2v) is 8.39. The Balaban J connectivity index is 0.00000196. The summed E-state index contributed by atoms with van der Waals surface area (Å²) in [6.07, 6.45) is 8.00. The molecule has 2 saturated carbocycles. The van der Waals surface area contributed by atoms with Gasteiger partial charge in [0.05, 0.1) is 6.54 Å². The van der Waals surface area contributed by atoms with Gasteiger partial charge in [-0.2, -0.15) is 0 Å². The number of amides is 1. The first-order valence-corrected chi connectivity index (χ1v) is 10.2. The van der Waals surface area contributed by atoms with Gasteiger partial charge in [-0.25, -0.2) is 0 Å². The number of carbonyl (C=O) groups is 1. The molecule has 0 aromatic carbocycles. The van der Waals surface area contributed by atoms with E-state index < -0.39 is 0 Å². The van der Waals surface area contributed by atoms with E-state index in [1.54, 1.807) is 0 Å². The number of aliphatic imine (C=N–C) groups is 1. The summed E-state index contributed by atoms with van der Waals surface area (Å²) in [6, 6.07) is 0. The standard InChI is InChI=1S/C19H33N5O.HI/c1-20-18(21-15-19(6-7-19)16-4-5-16)24-12-10-22(11-13-24)14-17(25)23-8-2-3-9-23;/h16H,2-15H2,1H3,(H,20,21);1H. The Morgan fingerprint density at radius 1 is 1.04 bits per heavy atom. The molecule has 0 atom stereocenters. The summed E-state index contributed by atoms with van der Waals surface area (Å²) in [5.41, 5.74) is 0.597. The lowest BCUT2D eigenvalue weighted by atomic mass is 10.0. The number of piperazine rings is 1. The molecule has 6 nitrogen and oxygen atoms in total. The maximum absolute atomic E-state index is 12.3. The van der Waals surface area contributed by atoms with Crippen molar-refractivity contribution in [2.24, 2.45) is 16.3 Å². The van der Waals surface area contributed by atoms with Crippen molar-refractivity contribution in [1.29, 1.82) is 0 Å². The molecule has 2 aliphatic carbocycles. The van der Waals surface area contributed by atoms with Crippen LogP contribution < -0.4 is 5.32 Å². The van der Waals surface area contributed by atoms with Crippen molar-refractivity contribution in [3.63, 3.8) is 0 Å². The SMILES string of the molecule is CN=C(NCC1(C2CC2)CC1)N1CCN(CC(=O)N2CCCC2)CC1.I. The maximum Gasteiger partial charge on any atom is 0.236 e. The summed E-state index contributed by atoms with van der Waals surface area (Å²) in [6.45, 7) is 7.42. The summed E-state index contributed by atoms with van der Waals surface area (Å²) < 4.78 is 0. The second-order valence-electron chi connectivity index (χ2n) is 8.39. The van der Waals surface area contributed by atoms with Crippen LogP contribution in [0, 0.1) is 11.3 Å². The summed E-state index contributed by atoms with van der Waals surface area (Å²) >= 11 is 0. The van der Waals surface area contributed by atoms with Crippen LogP contribution >= 0.6 is 24.0 Å². The number of hydrogen-bond donors (Lipinski definition) is 1. The Labute approximate surface area is 174 Å². The van der Waals surface area contributed by atoms with Gasteiger partial charge in [-0.05, 0) is 49.9 Å². The second kappa shape index (κ2) is 8.63. The van der Waals surface area contributed by atoms with Gasteiger partial charge in [-0.3, -0.25) is 14.7 Å². The van der Waals surface area contributed by atoms with Crippen LogP contribution in [0.15, 0.2) is 4.99 Å². The van der Waals surface area contributed by atoms with Crippen molar-refractivity contribution in [2.45, 2.75) is 38.5 Å². The Kier molecular flexibility index (Phi) is 6.69. The molecule has 0 aromatic heterocycles. The van der Waals surface area contributed by atoms with Crippen LogP contribution in [0.4, 0.5) is 0 Å². The molecule has 0 bridgehead atoms. The van der Waals surface area contributed by atoms with Gasteiger partial charge < -0.3 is 15.1 Å². The monoisotopic (exact) mass is 475 g/mol. The fraction of sp³-hybridized carbons (Fsp3) is 0.895. The zero-order valence-electron chi connectivity index (χ0n) is 16.1. The topological polar surface area (TPSA) is 51.2 Å². The molecule has 148 valence electrons.